The molecule has 3 heterocycles. The van der Waals surface area contributed by atoms with E-state index in [1.54, 1.807) is 13.0 Å². The summed E-state index contributed by atoms with van der Waals surface area (Å²) >= 11 is 1.97. The fraction of sp³-hybridized carbons (Fsp3) is 0.400. The topological polar surface area (TPSA) is 50.9 Å². The van der Waals surface area contributed by atoms with E-state index in [0.29, 0.717) is 28.5 Å². The third kappa shape index (κ3) is 3.52. The van der Waals surface area contributed by atoms with Gasteiger partial charge in [0.05, 0.1) is 11.7 Å². The molecule has 0 unspecified atom stereocenters. The molecule has 4 nitrogen and oxygen atoms in total. The zero-order valence-corrected chi connectivity index (χ0v) is 16.1. The summed E-state index contributed by atoms with van der Waals surface area (Å²) in [6.07, 6.45) is 4.20. The van der Waals surface area contributed by atoms with Crippen molar-refractivity contribution in [3.63, 3.8) is 0 Å². The van der Waals surface area contributed by atoms with Crippen molar-refractivity contribution in [1.29, 1.82) is 0 Å². The molecule has 2 aromatic heterocycles. The number of hydrogen-bond acceptors (Lipinski definition) is 4. The van der Waals surface area contributed by atoms with Gasteiger partial charge >= 0.3 is 0 Å². The van der Waals surface area contributed by atoms with Crippen LogP contribution < -0.4 is 0 Å². The molecule has 1 saturated heterocycles. The molecule has 142 valence electrons. The molecule has 7 heteroatoms. The number of aromatic nitrogens is 3. The third-order valence-corrected chi connectivity index (χ3v) is 6.08. The number of alkyl halides is 2. The van der Waals surface area contributed by atoms with Gasteiger partial charge in [0.15, 0.2) is 5.65 Å². The molecule has 27 heavy (non-hydrogen) atoms. The first-order valence-electron chi connectivity index (χ1n) is 8.99. The quantitative estimate of drug-likeness (QED) is 0.661. The molecule has 3 aromatic rings. The molecule has 1 aliphatic rings. The monoisotopic (exact) mass is 389 g/mol. The number of phenols is 1. The number of thioether (sulfide) groups is 1. The second-order valence-corrected chi connectivity index (χ2v) is 8.36. The summed E-state index contributed by atoms with van der Waals surface area (Å²) in [5.74, 6) is -0.917. The Kier molecular flexibility index (Phi) is 4.58. The van der Waals surface area contributed by atoms with Gasteiger partial charge in [0.25, 0.3) is 5.92 Å². The minimum absolute atomic E-state index is 0.192. The Morgan fingerprint density at radius 2 is 1.96 bits per heavy atom. The van der Waals surface area contributed by atoms with E-state index in [4.69, 9.17) is 0 Å². The molecule has 0 radical (unpaired) electrons. The van der Waals surface area contributed by atoms with Gasteiger partial charge in [0.2, 0.25) is 0 Å². The maximum absolute atomic E-state index is 13.6. The zero-order valence-electron chi connectivity index (χ0n) is 15.2. The predicted molar refractivity (Wildman–Crippen MR) is 105 cm³/mol. The smallest absolute Gasteiger partial charge is 0.270 e. The Labute approximate surface area is 160 Å². The SMILES string of the molecule is Cc1cc(C(C)(F)F)cc(O)c1-c1ccc2cn(C3CCSCC3)nc2n1. The molecule has 1 aliphatic heterocycles. The molecule has 1 N–H and O–H groups in total. The van der Waals surface area contributed by atoms with E-state index >= 15 is 0 Å². The van der Waals surface area contributed by atoms with Crippen LogP contribution in [0.15, 0.2) is 30.5 Å². The first kappa shape index (κ1) is 18.2. The summed E-state index contributed by atoms with van der Waals surface area (Å²) in [5, 5.41) is 15.9. The van der Waals surface area contributed by atoms with E-state index < -0.39 is 5.92 Å². The fourth-order valence-electron chi connectivity index (χ4n) is 3.55. The summed E-state index contributed by atoms with van der Waals surface area (Å²) in [7, 11) is 0. The first-order chi connectivity index (χ1) is 12.8. The predicted octanol–water partition coefficient (Wildman–Crippen LogP) is 5.29. The number of benzene rings is 1. The van der Waals surface area contributed by atoms with Crippen LogP contribution in [0.4, 0.5) is 8.78 Å². The molecule has 0 amide bonds. The van der Waals surface area contributed by atoms with E-state index in [2.05, 4.69) is 10.1 Å². The number of hydrogen-bond donors (Lipinski definition) is 1. The number of halogens is 2. The molecular weight excluding hydrogens is 368 g/mol. The van der Waals surface area contributed by atoms with Crippen LogP contribution in [-0.4, -0.2) is 31.4 Å². The Bertz CT molecular complexity index is 968. The summed E-state index contributed by atoms with van der Waals surface area (Å²) in [4.78, 5) is 4.59. The summed E-state index contributed by atoms with van der Waals surface area (Å²) in [6.45, 7) is 2.52. The Hall–Kier alpha value is -2.15. The zero-order chi connectivity index (χ0) is 19.2. The van der Waals surface area contributed by atoms with Crippen LogP contribution in [0, 0.1) is 6.92 Å². The molecule has 1 fully saturated rings. The summed E-state index contributed by atoms with van der Waals surface area (Å²) < 4.78 is 29.2. The lowest BCUT2D eigenvalue weighted by molar-refractivity contribution is 0.0172. The molecule has 0 spiro atoms. The highest BCUT2D eigenvalue weighted by Crippen LogP contribution is 2.38. The minimum atomic E-state index is -3.00. The molecule has 0 saturated carbocycles. The summed E-state index contributed by atoms with van der Waals surface area (Å²) in [5.41, 5.74) is 1.96. The van der Waals surface area contributed by atoms with Crippen LogP contribution >= 0.6 is 11.8 Å². The number of fused-ring (bicyclic) bond motifs is 1. The third-order valence-electron chi connectivity index (χ3n) is 5.03. The van der Waals surface area contributed by atoms with Gasteiger partial charge < -0.3 is 5.11 Å². The van der Waals surface area contributed by atoms with Crippen molar-refractivity contribution in [2.45, 2.75) is 38.7 Å². The molecule has 1 aromatic carbocycles. The van der Waals surface area contributed by atoms with Crippen LogP contribution in [0.25, 0.3) is 22.3 Å². The highest BCUT2D eigenvalue weighted by molar-refractivity contribution is 7.99. The van der Waals surface area contributed by atoms with Gasteiger partial charge in [0.1, 0.15) is 5.75 Å². The van der Waals surface area contributed by atoms with E-state index in [1.165, 1.54) is 6.07 Å². The Morgan fingerprint density at radius 1 is 1.22 bits per heavy atom. The van der Waals surface area contributed by atoms with E-state index in [0.717, 1.165) is 42.7 Å². The molecule has 0 bridgehead atoms. The Balaban J connectivity index is 1.74. The van der Waals surface area contributed by atoms with Crippen molar-refractivity contribution in [1.82, 2.24) is 14.8 Å². The van der Waals surface area contributed by atoms with E-state index in [1.807, 2.05) is 28.7 Å². The lowest BCUT2D eigenvalue weighted by Gasteiger charge is -2.21. The highest BCUT2D eigenvalue weighted by Gasteiger charge is 2.27. The minimum Gasteiger partial charge on any atom is -0.507 e. The maximum atomic E-state index is 13.6. The van der Waals surface area contributed by atoms with Crippen molar-refractivity contribution >= 4 is 22.8 Å². The molecular formula is C20H21F2N3OS. The van der Waals surface area contributed by atoms with Crippen LogP contribution in [-0.2, 0) is 5.92 Å². The van der Waals surface area contributed by atoms with E-state index in [9.17, 15) is 13.9 Å². The second-order valence-electron chi connectivity index (χ2n) is 7.14. The number of pyridine rings is 1. The van der Waals surface area contributed by atoms with Crippen molar-refractivity contribution in [2.24, 2.45) is 0 Å². The normalized spacial score (nSPS) is 16.1. The van der Waals surface area contributed by atoms with Crippen molar-refractivity contribution in [3.8, 4) is 17.0 Å². The Morgan fingerprint density at radius 3 is 2.63 bits per heavy atom. The van der Waals surface area contributed by atoms with Gasteiger partial charge in [-0.3, -0.25) is 4.68 Å². The number of rotatable bonds is 3. The van der Waals surface area contributed by atoms with Crippen LogP contribution in [0.5, 0.6) is 5.75 Å². The van der Waals surface area contributed by atoms with Gasteiger partial charge in [-0.25, -0.2) is 13.8 Å². The number of phenolic OH excluding ortho intramolecular Hbond substituents is 1. The maximum Gasteiger partial charge on any atom is 0.270 e. The lowest BCUT2D eigenvalue weighted by atomic mass is 9.98. The van der Waals surface area contributed by atoms with Crippen LogP contribution in [0.3, 0.4) is 0 Å². The van der Waals surface area contributed by atoms with Crippen molar-refractivity contribution in [3.05, 3.63) is 41.6 Å². The van der Waals surface area contributed by atoms with Crippen LogP contribution in [0.2, 0.25) is 0 Å². The summed E-state index contributed by atoms with van der Waals surface area (Å²) in [6, 6.07) is 6.63. The second kappa shape index (κ2) is 6.78. The fourth-order valence-corrected chi connectivity index (χ4v) is 4.63. The molecule has 4 rings (SSSR count). The first-order valence-corrected chi connectivity index (χ1v) is 10.1. The van der Waals surface area contributed by atoms with Crippen molar-refractivity contribution in [2.75, 3.05) is 11.5 Å². The number of aryl methyl sites for hydroxylation is 1. The lowest BCUT2D eigenvalue weighted by Crippen LogP contribution is -2.15. The molecule has 0 atom stereocenters. The van der Waals surface area contributed by atoms with Crippen molar-refractivity contribution < 1.29 is 13.9 Å². The highest BCUT2D eigenvalue weighted by atomic mass is 32.2. The van der Waals surface area contributed by atoms with Gasteiger partial charge in [-0.05, 0) is 61.1 Å². The number of aromatic hydroxyl groups is 1. The van der Waals surface area contributed by atoms with Gasteiger partial charge in [-0.15, -0.1) is 0 Å². The van der Waals surface area contributed by atoms with Gasteiger partial charge in [0, 0.05) is 29.6 Å². The average molecular weight is 389 g/mol. The van der Waals surface area contributed by atoms with Gasteiger partial charge in [-0.2, -0.15) is 16.9 Å². The number of nitrogens with zero attached hydrogens (tertiary/aromatic N) is 3. The van der Waals surface area contributed by atoms with Gasteiger partial charge in [-0.1, -0.05) is 0 Å². The molecule has 0 aliphatic carbocycles. The average Bonchev–Trinajstić information content (AvgIpc) is 3.04. The largest absolute Gasteiger partial charge is 0.507 e. The standard InChI is InChI=1S/C20H21F2N3OS/c1-12-9-14(20(2,21)22)10-17(26)18(12)16-4-3-13-11-25(24-19(13)23-16)15-5-7-27-8-6-15/h3-4,9-11,15,26H,5-8H2,1-2H3. The van der Waals surface area contributed by atoms with E-state index in [-0.39, 0.29) is 11.3 Å². The van der Waals surface area contributed by atoms with Crippen LogP contribution in [0.1, 0.15) is 36.9 Å².